The van der Waals surface area contributed by atoms with Crippen LogP contribution in [0.3, 0.4) is 0 Å². The molecule has 7 nitrogen and oxygen atoms in total. The van der Waals surface area contributed by atoms with Gasteiger partial charge in [0, 0.05) is 38.4 Å². The monoisotopic (exact) mass is 540 g/mol. The number of nitrogens with one attached hydrogen (secondary N) is 2. The van der Waals surface area contributed by atoms with E-state index in [2.05, 4.69) is 32.7 Å². The summed E-state index contributed by atoms with van der Waals surface area (Å²) in [6.45, 7) is 5.41. The fraction of sp³-hybridized carbons (Fsp3) is 0.435. The molecule has 8 heteroatoms. The second-order valence-corrected chi connectivity index (χ2v) is 7.15. The van der Waals surface area contributed by atoms with Gasteiger partial charge in [-0.25, -0.2) is 0 Å². The van der Waals surface area contributed by atoms with Gasteiger partial charge in [-0.05, 0) is 43.5 Å². The van der Waals surface area contributed by atoms with Gasteiger partial charge in [-0.2, -0.15) is 0 Å². The summed E-state index contributed by atoms with van der Waals surface area (Å²) in [4.78, 5) is 6.74. The van der Waals surface area contributed by atoms with Gasteiger partial charge < -0.3 is 29.7 Å². The zero-order chi connectivity index (χ0) is 21.3. The summed E-state index contributed by atoms with van der Waals surface area (Å²) in [5.74, 6) is 3.62. The molecule has 1 aliphatic rings. The van der Waals surface area contributed by atoms with Crippen LogP contribution in [0.2, 0.25) is 0 Å². The van der Waals surface area contributed by atoms with Gasteiger partial charge in [0.05, 0.1) is 26.5 Å². The van der Waals surface area contributed by atoms with Crippen LogP contribution in [0.4, 0.5) is 11.4 Å². The smallest absolute Gasteiger partial charge is 0.195 e. The topological polar surface area (TPSA) is 67.4 Å². The fourth-order valence-corrected chi connectivity index (χ4v) is 3.69. The molecule has 0 bridgehead atoms. The highest BCUT2D eigenvalue weighted by Crippen LogP contribution is 2.32. The van der Waals surface area contributed by atoms with Gasteiger partial charge >= 0.3 is 0 Å². The minimum Gasteiger partial charge on any atom is -0.495 e. The first-order valence-electron chi connectivity index (χ1n) is 10.3. The van der Waals surface area contributed by atoms with Crippen LogP contribution in [-0.2, 0) is 0 Å². The molecule has 1 heterocycles. The van der Waals surface area contributed by atoms with Crippen molar-refractivity contribution in [2.45, 2.75) is 13.3 Å². The Morgan fingerprint density at radius 1 is 1.10 bits per heavy atom. The predicted molar refractivity (Wildman–Crippen MR) is 138 cm³/mol. The highest BCUT2D eigenvalue weighted by Gasteiger charge is 2.24. The van der Waals surface area contributed by atoms with E-state index in [1.807, 2.05) is 37.3 Å². The lowest BCUT2D eigenvalue weighted by atomic mass is 10.1. The number of aliphatic imine (C=N–C) groups is 1. The van der Waals surface area contributed by atoms with E-state index in [1.54, 1.807) is 21.3 Å². The van der Waals surface area contributed by atoms with E-state index in [0.717, 1.165) is 54.9 Å². The van der Waals surface area contributed by atoms with E-state index in [1.165, 1.54) is 0 Å². The Morgan fingerprint density at radius 3 is 2.58 bits per heavy atom. The van der Waals surface area contributed by atoms with Crippen LogP contribution in [0, 0.1) is 5.92 Å². The second-order valence-electron chi connectivity index (χ2n) is 7.15. The molecule has 31 heavy (non-hydrogen) atoms. The average molecular weight is 540 g/mol. The van der Waals surface area contributed by atoms with Crippen LogP contribution in [0.15, 0.2) is 47.5 Å². The number of hydrogen-bond acceptors (Lipinski definition) is 5. The number of guanidine groups is 1. The molecular formula is C23H33IN4O3. The Labute approximate surface area is 202 Å². The highest BCUT2D eigenvalue weighted by molar-refractivity contribution is 14.0. The number of para-hydroxylation sites is 2. The van der Waals surface area contributed by atoms with Crippen LogP contribution < -0.4 is 29.7 Å². The van der Waals surface area contributed by atoms with E-state index in [4.69, 9.17) is 14.2 Å². The molecule has 0 aliphatic carbocycles. The van der Waals surface area contributed by atoms with Crippen molar-refractivity contribution in [3.8, 4) is 17.2 Å². The fourth-order valence-electron chi connectivity index (χ4n) is 3.69. The molecule has 1 atom stereocenters. The third-order valence-corrected chi connectivity index (χ3v) is 5.22. The molecule has 2 N–H and O–H groups in total. The van der Waals surface area contributed by atoms with E-state index >= 15 is 0 Å². The van der Waals surface area contributed by atoms with Gasteiger partial charge in [-0.1, -0.05) is 12.1 Å². The quantitative estimate of drug-likeness (QED) is 0.297. The third-order valence-electron chi connectivity index (χ3n) is 5.22. The Balaban J connectivity index is 0.00000341. The number of hydrogen-bond donors (Lipinski definition) is 2. The SMILES string of the molecule is CCOc1ccc(NC(=NC)NCC2CCN(c3ccccc3OC)C2)cc1OC.I. The number of benzene rings is 2. The number of anilines is 2. The summed E-state index contributed by atoms with van der Waals surface area (Å²) >= 11 is 0. The van der Waals surface area contributed by atoms with Gasteiger partial charge in [0.2, 0.25) is 0 Å². The van der Waals surface area contributed by atoms with Crippen LogP contribution >= 0.6 is 24.0 Å². The maximum atomic E-state index is 5.58. The highest BCUT2D eigenvalue weighted by atomic mass is 127. The van der Waals surface area contributed by atoms with Crippen molar-refractivity contribution in [2.75, 3.05) is 57.7 Å². The van der Waals surface area contributed by atoms with Crippen molar-refractivity contribution >= 4 is 41.3 Å². The van der Waals surface area contributed by atoms with Crippen molar-refractivity contribution < 1.29 is 14.2 Å². The summed E-state index contributed by atoms with van der Waals surface area (Å²) in [6.07, 6.45) is 1.12. The Bertz CT molecular complexity index is 862. The maximum Gasteiger partial charge on any atom is 0.195 e. The van der Waals surface area contributed by atoms with Gasteiger partial charge in [0.15, 0.2) is 17.5 Å². The molecule has 2 aromatic carbocycles. The van der Waals surface area contributed by atoms with Gasteiger partial charge in [-0.3, -0.25) is 4.99 Å². The molecule has 170 valence electrons. The summed E-state index contributed by atoms with van der Waals surface area (Å²) in [5, 5.41) is 6.77. The summed E-state index contributed by atoms with van der Waals surface area (Å²) in [7, 11) is 5.14. The van der Waals surface area contributed by atoms with Crippen LogP contribution in [-0.4, -0.2) is 53.5 Å². The van der Waals surface area contributed by atoms with Crippen LogP contribution in [0.1, 0.15) is 13.3 Å². The summed E-state index contributed by atoms with van der Waals surface area (Å²) in [6, 6.07) is 14.0. The molecular weight excluding hydrogens is 507 g/mol. The molecule has 0 amide bonds. The number of halogens is 1. The first kappa shape index (κ1) is 24.9. The molecule has 0 radical (unpaired) electrons. The van der Waals surface area contributed by atoms with E-state index in [9.17, 15) is 0 Å². The molecule has 0 spiro atoms. The maximum absolute atomic E-state index is 5.58. The number of nitrogens with zero attached hydrogens (tertiary/aromatic N) is 2. The number of methoxy groups -OCH3 is 2. The average Bonchev–Trinajstić information content (AvgIpc) is 3.26. The Hall–Kier alpha value is -2.36. The van der Waals surface area contributed by atoms with Crippen molar-refractivity contribution in [2.24, 2.45) is 10.9 Å². The molecule has 0 aromatic heterocycles. The molecule has 0 saturated carbocycles. The standard InChI is InChI=1S/C23H32N4O3.HI/c1-5-30-21-11-10-18(14-22(21)29-4)26-23(24-2)25-15-17-12-13-27(16-17)19-8-6-7-9-20(19)28-3;/h6-11,14,17H,5,12-13,15-16H2,1-4H3,(H2,24,25,26);1H. The molecule has 1 saturated heterocycles. The Kier molecular flexibility index (Phi) is 10.0. The number of rotatable bonds is 8. The third kappa shape index (κ3) is 6.56. The zero-order valence-corrected chi connectivity index (χ0v) is 21.0. The van der Waals surface area contributed by atoms with Crippen LogP contribution in [0.25, 0.3) is 0 Å². The second kappa shape index (κ2) is 12.5. The minimum absolute atomic E-state index is 0. The van der Waals surface area contributed by atoms with Crippen molar-refractivity contribution in [3.63, 3.8) is 0 Å². The van der Waals surface area contributed by atoms with Crippen molar-refractivity contribution in [1.82, 2.24) is 5.32 Å². The van der Waals surface area contributed by atoms with Gasteiger partial charge in [-0.15, -0.1) is 24.0 Å². The lowest BCUT2D eigenvalue weighted by Gasteiger charge is -2.21. The van der Waals surface area contributed by atoms with E-state index < -0.39 is 0 Å². The minimum atomic E-state index is 0. The zero-order valence-electron chi connectivity index (χ0n) is 18.7. The van der Waals surface area contributed by atoms with E-state index in [0.29, 0.717) is 18.3 Å². The van der Waals surface area contributed by atoms with Crippen molar-refractivity contribution in [1.29, 1.82) is 0 Å². The molecule has 2 aromatic rings. The Morgan fingerprint density at radius 2 is 1.87 bits per heavy atom. The summed E-state index contributed by atoms with van der Waals surface area (Å²) < 4.78 is 16.5. The first-order chi connectivity index (χ1) is 14.7. The predicted octanol–water partition coefficient (Wildman–Crippen LogP) is 4.23. The molecule has 1 unspecified atom stereocenters. The van der Waals surface area contributed by atoms with Gasteiger partial charge in [0.25, 0.3) is 0 Å². The normalized spacial score (nSPS) is 15.8. The molecule has 1 fully saturated rings. The molecule has 1 aliphatic heterocycles. The largest absolute Gasteiger partial charge is 0.495 e. The van der Waals surface area contributed by atoms with E-state index in [-0.39, 0.29) is 24.0 Å². The lowest BCUT2D eigenvalue weighted by Crippen LogP contribution is -2.35. The number of ether oxygens (including phenoxy) is 3. The van der Waals surface area contributed by atoms with Crippen LogP contribution in [0.5, 0.6) is 17.2 Å². The first-order valence-corrected chi connectivity index (χ1v) is 10.3. The van der Waals surface area contributed by atoms with Crippen molar-refractivity contribution in [3.05, 3.63) is 42.5 Å². The molecule has 3 rings (SSSR count). The lowest BCUT2D eigenvalue weighted by molar-refractivity contribution is 0.311. The summed E-state index contributed by atoms with van der Waals surface area (Å²) in [5.41, 5.74) is 2.05. The van der Waals surface area contributed by atoms with Gasteiger partial charge in [0.1, 0.15) is 5.75 Å².